The molecule has 1 aliphatic heterocycles. The summed E-state index contributed by atoms with van der Waals surface area (Å²) >= 11 is 0. The molecule has 0 bridgehead atoms. The van der Waals surface area contributed by atoms with E-state index in [0.717, 1.165) is 25.5 Å². The molecule has 6 nitrogen and oxygen atoms in total. The average Bonchev–Trinajstić information content (AvgIpc) is 2.39. The zero-order chi connectivity index (χ0) is 12.3. The molecule has 1 N–H and O–H groups in total. The van der Waals surface area contributed by atoms with Crippen LogP contribution in [0.1, 0.15) is 17.4 Å². The lowest BCUT2D eigenvalue weighted by Crippen LogP contribution is -2.50. The highest BCUT2D eigenvalue weighted by atomic mass is 16.5. The third-order valence-electron chi connectivity index (χ3n) is 2.83. The van der Waals surface area contributed by atoms with E-state index in [9.17, 15) is 4.79 Å². The number of rotatable bonds is 2. The molecule has 0 radical (unpaired) electrons. The first-order valence-corrected chi connectivity index (χ1v) is 5.60. The third-order valence-corrected chi connectivity index (χ3v) is 2.83. The van der Waals surface area contributed by atoms with Gasteiger partial charge in [-0.05, 0) is 6.92 Å². The Bertz CT molecular complexity index is 393. The molecule has 0 unspecified atom stereocenters. The maximum atomic E-state index is 11.2. The molecular formula is C11H16N4O2. The van der Waals surface area contributed by atoms with Gasteiger partial charge in [0.25, 0.3) is 0 Å². The van der Waals surface area contributed by atoms with Gasteiger partial charge < -0.3 is 15.0 Å². The summed E-state index contributed by atoms with van der Waals surface area (Å²) in [6, 6.07) is 0.377. The van der Waals surface area contributed by atoms with Crippen molar-refractivity contribution in [2.45, 2.75) is 13.0 Å². The van der Waals surface area contributed by atoms with Crippen LogP contribution in [0, 0.1) is 0 Å². The van der Waals surface area contributed by atoms with E-state index in [0.29, 0.717) is 6.04 Å². The lowest BCUT2D eigenvalue weighted by atomic mass is 10.2. The van der Waals surface area contributed by atoms with Crippen molar-refractivity contribution in [3.8, 4) is 0 Å². The van der Waals surface area contributed by atoms with Crippen LogP contribution in [-0.4, -0.2) is 48.7 Å². The van der Waals surface area contributed by atoms with Crippen LogP contribution in [0.15, 0.2) is 12.4 Å². The second kappa shape index (κ2) is 5.09. The van der Waals surface area contributed by atoms with Gasteiger partial charge in [-0.25, -0.2) is 14.8 Å². The number of carbonyl (C=O) groups excluding carboxylic acids is 1. The zero-order valence-corrected chi connectivity index (χ0v) is 10.0. The van der Waals surface area contributed by atoms with E-state index in [2.05, 4.69) is 31.8 Å². The zero-order valence-electron chi connectivity index (χ0n) is 10.0. The molecule has 1 aromatic heterocycles. The molecule has 92 valence electrons. The number of anilines is 1. The molecule has 1 aromatic rings. The molecule has 2 rings (SSSR count). The summed E-state index contributed by atoms with van der Waals surface area (Å²) in [6.07, 6.45) is 3.07. The number of hydrogen-bond donors (Lipinski definition) is 1. The SMILES string of the molecule is COC(=O)c1cnc(N2CCNC[C@H]2C)cn1. The van der Waals surface area contributed by atoms with Gasteiger partial charge >= 0.3 is 5.97 Å². The minimum Gasteiger partial charge on any atom is -0.464 e. The van der Waals surface area contributed by atoms with Gasteiger partial charge in [0.1, 0.15) is 5.82 Å². The molecule has 2 heterocycles. The maximum Gasteiger partial charge on any atom is 0.358 e. The Hall–Kier alpha value is -1.69. The minimum absolute atomic E-state index is 0.235. The summed E-state index contributed by atoms with van der Waals surface area (Å²) in [5.74, 6) is 0.337. The first-order valence-electron chi connectivity index (χ1n) is 5.60. The molecule has 0 aliphatic carbocycles. The van der Waals surface area contributed by atoms with Gasteiger partial charge in [-0.15, -0.1) is 0 Å². The van der Waals surface area contributed by atoms with Gasteiger partial charge in [-0.2, -0.15) is 0 Å². The molecule has 1 fully saturated rings. The summed E-state index contributed by atoms with van der Waals surface area (Å²) in [5.41, 5.74) is 0.235. The number of nitrogens with zero attached hydrogens (tertiary/aromatic N) is 3. The van der Waals surface area contributed by atoms with E-state index in [1.54, 1.807) is 6.20 Å². The van der Waals surface area contributed by atoms with Crippen molar-refractivity contribution in [1.82, 2.24) is 15.3 Å². The second-order valence-corrected chi connectivity index (χ2v) is 4.00. The molecule has 0 spiro atoms. The topological polar surface area (TPSA) is 67.3 Å². The Morgan fingerprint density at radius 2 is 2.35 bits per heavy atom. The molecule has 0 saturated carbocycles. The van der Waals surface area contributed by atoms with Crippen LogP contribution >= 0.6 is 0 Å². The number of nitrogens with one attached hydrogen (secondary N) is 1. The van der Waals surface area contributed by atoms with Gasteiger partial charge in [0, 0.05) is 25.7 Å². The standard InChI is InChI=1S/C11H16N4O2/c1-8-5-12-3-4-15(8)10-7-13-9(6-14-10)11(16)17-2/h6-8,12H,3-5H2,1-2H3/t8-/m1/s1. The van der Waals surface area contributed by atoms with Gasteiger partial charge in [-0.1, -0.05) is 0 Å². The first-order chi connectivity index (χ1) is 8.22. The summed E-state index contributed by atoms with van der Waals surface area (Å²) in [4.78, 5) is 21.7. The Balaban J connectivity index is 2.14. The normalized spacial score (nSPS) is 20.1. The molecule has 0 amide bonds. The Labute approximate surface area is 100 Å². The third kappa shape index (κ3) is 2.52. The largest absolute Gasteiger partial charge is 0.464 e. The monoisotopic (exact) mass is 236 g/mol. The fourth-order valence-electron chi connectivity index (χ4n) is 1.86. The smallest absolute Gasteiger partial charge is 0.358 e. The highest BCUT2D eigenvalue weighted by Crippen LogP contribution is 2.14. The fraction of sp³-hybridized carbons (Fsp3) is 0.545. The van der Waals surface area contributed by atoms with E-state index in [4.69, 9.17) is 0 Å². The van der Waals surface area contributed by atoms with Crippen LogP contribution in [-0.2, 0) is 4.74 Å². The quantitative estimate of drug-likeness (QED) is 0.732. The average molecular weight is 236 g/mol. The first kappa shape index (κ1) is 11.8. The van der Waals surface area contributed by atoms with E-state index >= 15 is 0 Å². The molecule has 1 atom stereocenters. The highest BCUT2D eigenvalue weighted by molar-refractivity contribution is 5.86. The second-order valence-electron chi connectivity index (χ2n) is 4.00. The van der Waals surface area contributed by atoms with Gasteiger partial charge in [-0.3, -0.25) is 0 Å². The van der Waals surface area contributed by atoms with Crippen LogP contribution in [0.4, 0.5) is 5.82 Å². The summed E-state index contributed by atoms with van der Waals surface area (Å²) in [5, 5.41) is 3.31. The van der Waals surface area contributed by atoms with Crippen LogP contribution in [0.5, 0.6) is 0 Å². The number of ether oxygens (including phenoxy) is 1. The van der Waals surface area contributed by atoms with Crippen molar-refractivity contribution < 1.29 is 9.53 Å². The number of piperazine rings is 1. The predicted molar refractivity (Wildman–Crippen MR) is 63.0 cm³/mol. The predicted octanol–water partition coefficient (Wildman–Crippen LogP) is 0.0613. The number of hydrogen-bond acceptors (Lipinski definition) is 6. The number of esters is 1. The van der Waals surface area contributed by atoms with Crippen molar-refractivity contribution in [1.29, 1.82) is 0 Å². The lowest BCUT2D eigenvalue weighted by Gasteiger charge is -2.34. The van der Waals surface area contributed by atoms with E-state index in [-0.39, 0.29) is 5.69 Å². The maximum absolute atomic E-state index is 11.2. The minimum atomic E-state index is -0.461. The Morgan fingerprint density at radius 1 is 1.53 bits per heavy atom. The van der Waals surface area contributed by atoms with Crippen molar-refractivity contribution in [2.75, 3.05) is 31.6 Å². The van der Waals surface area contributed by atoms with E-state index < -0.39 is 5.97 Å². The molecule has 0 aromatic carbocycles. The summed E-state index contributed by atoms with van der Waals surface area (Å²) in [7, 11) is 1.33. The number of aromatic nitrogens is 2. The summed E-state index contributed by atoms with van der Waals surface area (Å²) < 4.78 is 4.58. The molecular weight excluding hydrogens is 220 g/mol. The van der Waals surface area contributed by atoms with E-state index in [1.807, 2.05) is 0 Å². The Kier molecular flexibility index (Phi) is 3.53. The molecule has 17 heavy (non-hydrogen) atoms. The summed E-state index contributed by atoms with van der Waals surface area (Å²) in [6.45, 7) is 4.89. The van der Waals surface area contributed by atoms with Gasteiger partial charge in [0.15, 0.2) is 5.69 Å². The van der Waals surface area contributed by atoms with Crippen LogP contribution in [0.3, 0.4) is 0 Å². The van der Waals surface area contributed by atoms with Gasteiger partial charge in [0.2, 0.25) is 0 Å². The van der Waals surface area contributed by atoms with Gasteiger partial charge in [0.05, 0.1) is 19.5 Å². The molecule has 6 heteroatoms. The highest BCUT2D eigenvalue weighted by Gasteiger charge is 2.19. The van der Waals surface area contributed by atoms with Crippen LogP contribution in [0.25, 0.3) is 0 Å². The number of carbonyl (C=O) groups is 1. The Morgan fingerprint density at radius 3 is 2.94 bits per heavy atom. The van der Waals surface area contributed by atoms with E-state index in [1.165, 1.54) is 13.3 Å². The van der Waals surface area contributed by atoms with Crippen molar-refractivity contribution in [3.05, 3.63) is 18.1 Å². The van der Waals surface area contributed by atoms with Crippen molar-refractivity contribution in [2.24, 2.45) is 0 Å². The fourth-order valence-corrected chi connectivity index (χ4v) is 1.86. The molecule has 1 saturated heterocycles. The van der Waals surface area contributed by atoms with Crippen molar-refractivity contribution >= 4 is 11.8 Å². The number of methoxy groups -OCH3 is 1. The molecule has 1 aliphatic rings. The van der Waals surface area contributed by atoms with Crippen molar-refractivity contribution in [3.63, 3.8) is 0 Å². The van der Waals surface area contributed by atoms with Crippen LogP contribution < -0.4 is 10.2 Å². The van der Waals surface area contributed by atoms with Crippen LogP contribution in [0.2, 0.25) is 0 Å². The lowest BCUT2D eigenvalue weighted by molar-refractivity contribution is 0.0593.